The Hall–Kier alpha value is -1.80. The van der Waals surface area contributed by atoms with E-state index in [2.05, 4.69) is 11.1 Å². The Balaban J connectivity index is 2.10. The van der Waals surface area contributed by atoms with Crippen LogP contribution in [0.15, 0.2) is 17.1 Å². The first-order valence-electron chi connectivity index (χ1n) is 6.22. The summed E-state index contributed by atoms with van der Waals surface area (Å²) in [7, 11) is 1.64. The smallest absolute Gasteiger partial charge is 0.235 e. The number of nitrogens with zero attached hydrogens (tertiary/aromatic N) is 1. The van der Waals surface area contributed by atoms with Crippen molar-refractivity contribution in [1.82, 2.24) is 0 Å². The quantitative estimate of drug-likeness (QED) is 0.606. The lowest BCUT2D eigenvalue weighted by molar-refractivity contribution is 0.254. The summed E-state index contributed by atoms with van der Waals surface area (Å²) in [5.74, 6) is 1.58. The molecular weight excluding hydrogens is 230 g/mol. The molecule has 0 unspecified atom stereocenters. The van der Waals surface area contributed by atoms with Gasteiger partial charge in [0.1, 0.15) is 0 Å². The highest BCUT2D eigenvalue weighted by Gasteiger charge is 2.40. The minimum absolute atomic E-state index is 0.368. The maximum atomic E-state index is 10.6. The highest BCUT2D eigenvalue weighted by molar-refractivity contribution is 5.54. The first kappa shape index (κ1) is 11.3. The third kappa shape index (κ3) is 1.53. The molecule has 0 atom stereocenters. The van der Waals surface area contributed by atoms with Gasteiger partial charge in [0.05, 0.1) is 19.3 Å². The summed E-state index contributed by atoms with van der Waals surface area (Å²) in [6.45, 7) is 0.694. The number of isocyanates is 1. The first-order valence-corrected chi connectivity index (χ1v) is 6.22. The maximum absolute atomic E-state index is 10.6. The van der Waals surface area contributed by atoms with E-state index in [1.54, 1.807) is 13.2 Å². The molecule has 2 aliphatic rings. The minimum Gasteiger partial charge on any atom is -0.493 e. The van der Waals surface area contributed by atoms with Crippen molar-refractivity contribution in [2.24, 2.45) is 4.99 Å². The lowest BCUT2D eigenvalue weighted by Crippen LogP contribution is -2.32. The van der Waals surface area contributed by atoms with E-state index in [9.17, 15) is 4.79 Å². The van der Waals surface area contributed by atoms with Gasteiger partial charge < -0.3 is 9.47 Å². The molecule has 0 radical (unpaired) electrons. The normalized spacial score (nSPS) is 19.2. The lowest BCUT2D eigenvalue weighted by Gasteiger charge is -2.37. The predicted molar refractivity (Wildman–Crippen MR) is 65.8 cm³/mol. The molecule has 0 amide bonds. The lowest BCUT2D eigenvalue weighted by atomic mass is 9.72. The average molecular weight is 245 g/mol. The molecule has 1 heterocycles. The van der Waals surface area contributed by atoms with Crippen LogP contribution in [0.5, 0.6) is 11.5 Å². The molecule has 94 valence electrons. The van der Waals surface area contributed by atoms with Crippen molar-refractivity contribution in [1.29, 1.82) is 0 Å². The number of hydrogen-bond donors (Lipinski definition) is 0. The molecule has 1 aliphatic carbocycles. The number of ether oxygens (including phenoxy) is 2. The summed E-state index contributed by atoms with van der Waals surface area (Å²) >= 11 is 0. The van der Waals surface area contributed by atoms with Gasteiger partial charge in [-0.25, -0.2) is 4.79 Å². The number of hydrogen-bond acceptors (Lipinski definition) is 4. The molecule has 1 aromatic carbocycles. The molecule has 1 fully saturated rings. The van der Waals surface area contributed by atoms with Gasteiger partial charge in [0.15, 0.2) is 11.5 Å². The van der Waals surface area contributed by atoms with Gasteiger partial charge in [-0.05, 0) is 37.0 Å². The van der Waals surface area contributed by atoms with E-state index in [1.807, 2.05) is 6.07 Å². The Morgan fingerprint density at radius 2 is 2.28 bits per heavy atom. The molecule has 0 bridgehead atoms. The summed E-state index contributed by atoms with van der Waals surface area (Å²) in [6.07, 6.45) is 5.52. The monoisotopic (exact) mass is 245 g/mol. The van der Waals surface area contributed by atoms with Gasteiger partial charge >= 0.3 is 0 Å². The second-order valence-electron chi connectivity index (χ2n) is 4.85. The Labute approximate surface area is 106 Å². The van der Waals surface area contributed by atoms with Gasteiger partial charge in [-0.3, -0.25) is 0 Å². The molecule has 18 heavy (non-hydrogen) atoms. The van der Waals surface area contributed by atoms with Crippen LogP contribution >= 0.6 is 0 Å². The van der Waals surface area contributed by atoms with E-state index >= 15 is 0 Å². The molecule has 0 saturated heterocycles. The maximum Gasteiger partial charge on any atom is 0.235 e. The minimum atomic E-state index is -0.368. The summed E-state index contributed by atoms with van der Waals surface area (Å²) in [4.78, 5) is 14.7. The number of aliphatic imine (C=N–C) groups is 1. The second kappa shape index (κ2) is 4.14. The molecule has 4 nitrogen and oxygen atoms in total. The van der Waals surface area contributed by atoms with Crippen LogP contribution in [-0.2, 0) is 16.8 Å². The molecule has 4 heteroatoms. The van der Waals surface area contributed by atoms with Crippen LogP contribution in [0.25, 0.3) is 0 Å². The molecule has 3 rings (SSSR count). The van der Waals surface area contributed by atoms with Crippen LogP contribution in [0.2, 0.25) is 0 Å². The summed E-state index contributed by atoms with van der Waals surface area (Å²) in [5.41, 5.74) is 1.84. The third-order valence-electron chi connectivity index (χ3n) is 3.95. The fourth-order valence-electron chi connectivity index (χ4n) is 2.76. The number of benzene rings is 1. The van der Waals surface area contributed by atoms with Gasteiger partial charge in [0, 0.05) is 12.0 Å². The van der Waals surface area contributed by atoms with Gasteiger partial charge in [0.25, 0.3) is 0 Å². The van der Waals surface area contributed by atoms with Crippen LogP contribution in [-0.4, -0.2) is 19.8 Å². The van der Waals surface area contributed by atoms with Crippen molar-refractivity contribution in [3.63, 3.8) is 0 Å². The second-order valence-corrected chi connectivity index (χ2v) is 4.85. The van der Waals surface area contributed by atoms with Gasteiger partial charge in [-0.2, -0.15) is 4.99 Å². The van der Waals surface area contributed by atoms with Crippen molar-refractivity contribution >= 4 is 6.08 Å². The number of rotatable bonds is 3. The molecule has 0 aromatic heterocycles. The van der Waals surface area contributed by atoms with Crippen LogP contribution in [0.4, 0.5) is 0 Å². The van der Waals surface area contributed by atoms with Crippen molar-refractivity contribution in [2.75, 3.05) is 13.7 Å². The Morgan fingerprint density at radius 3 is 2.89 bits per heavy atom. The topological polar surface area (TPSA) is 47.9 Å². The largest absolute Gasteiger partial charge is 0.493 e. The molecular formula is C14H15NO3. The standard InChI is InChI=1S/C14H15NO3/c1-17-12-8-11(7-10-3-6-18-13(10)12)14(15-9-16)4-2-5-14/h7-8H,2-6H2,1H3. The van der Waals surface area contributed by atoms with Gasteiger partial charge in [-0.1, -0.05) is 0 Å². The zero-order chi connectivity index (χ0) is 12.6. The van der Waals surface area contributed by atoms with Gasteiger partial charge in [0.2, 0.25) is 6.08 Å². The first-order chi connectivity index (χ1) is 8.79. The zero-order valence-corrected chi connectivity index (χ0v) is 10.4. The van der Waals surface area contributed by atoms with E-state index in [1.165, 1.54) is 0 Å². The average Bonchev–Trinajstić information content (AvgIpc) is 2.80. The third-order valence-corrected chi connectivity index (χ3v) is 3.95. The Kier molecular flexibility index (Phi) is 2.60. The highest BCUT2D eigenvalue weighted by atomic mass is 16.5. The SMILES string of the molecule is COc1cc(C2(N=C=O)CCC2)cc2c1OCC2. The van der Waals surface area contributed by atoms with E-state index in [4.69, 9.17) is 9.47 Å². The van der Waals surface area contributed by atoms with E-state index in [0.29, 0.717) is 6.61 Å². The number of methoxy groups -OCH3 is 1. The fourth-order valence-corrected chi connectivity index (χ4v) is 2.76. The van der Waals surface area contributed by atoms with E-state index in [-0.39, 0.29) is 5.54 Å². The van der Waals surface area contributed by atoms with Crippen LogP contribution < -0.4 is 9.47 Å². The summed E-state index contributed by atoms with van der Waals surface area (Å²) in [5, 5.41) is 0. The van der Waals surface area contributed by atoms with Crippen LogP contribution in [0.1, 0.15) is 30.4 Å². The highest BCUT2D eigenvalue weighted by Crippen LogP contribution is 2.48. The molecule has 0 spiro atoms. The Morgan fingerprint density at radius 1 is 1.44 bits per heavy atom. The van der Waals surface area contributed by atoms with E-state index in [0.717, 1.165) is 48.3 Å². The number of carbonyl (C=O) groups excluding carboxylic acids is 1. The van der Waals surface area contributed by atoms with Crippen molar-refractivity contribution in [3.8, 4) is 11.5 Å². The van der Waals surface area contributed by atoms with Gasteiger partial charge in [-0.15, -0.1) is 0 Å². The summed E-state index contributed by atoms with van der Waals surface area (Å²) in [6, 6.07) is 4.05. The van der Waals surface area contributed by atoms with Crippen LogP contribution in [0, 0.1) is 0 Å². The van der Waals surface area contributed by atoms with E-state index < -0.39 is 0 Å². The Bertz CT molecular complexity index is 528. The zero-order valence-electron chi connectivity index (χ0n) is 10.4. The molecule has 1 saturated carbocycles. The molecule has 0 N–H and O–H groups in total. The van der Waals surface area contributed by atoms with Crippen LogP contribution in [0.3, 0.4) is 0 Å². The summed E-state index contributed by atoms with van der Waals surface area (Å²) < 4.78 is 10.9. The predicted octanol–water partition coefficient (Wildman–Crippen LogP) is 2.35. The molecule has 1 aliphatic heterocycles. The number of fused-ring (bicyclic) bond motifs is 1. The van der Waals surface area contributed by atoms with Crippen molar-refractivity contribution in [3.05, 3.63) is 23.3 Å². The molecule has 1 aromatic rings. The van der Waals surface area contributed by atoms with Crippen molar-refractivity contribution < 1.29 is 14.3 Å². The fraction of sp³-hybridized carbons (Fsp3) is 0.500. The van der Waals surface area contributed by atoms with Crippen molar-refractivity contribution in [2.45, 2.75) is 31.2 Å².